The first-order valence-electron chi connectivity index (χ1n) is 8.80. The summed E-state index contributed by atoms with van der Waals surface area (Å²) in [6.45, 7) is 1.22. The number of esters is 1. The summed E-state index contributed by atoms with van der Waals surface area (Å²) in [6.07, 6.45) is 5.38. The quantitative estimate of drug-likeness (QED) is 0.436. The normalized spacial score (nSPS) is 18.0. The van der Waals surface area contributed by atoms with Gasteiger partial charge in [0.15, 0.2) is 16.4 Å². The van der Waals surface area contributed by atoms with Crippen LogP contribution in [-0.4, -0.2) is 70.9 Å². The second-order valence-electron chi connectivity index (χ2n) is 6.37. The molecule has 1 aliphatic rings. The minimum atomic E-state index is -3.88. The van der Waals surface area contributed by atoms with Crippen LogP contribution in [0.2, 0.25) is 0 Å². The van der Waals surface area contributed by atoms with Crippen molar-refractivity contribution in [1.82, 2.24) is 9.62 Å². The van der Waals surface area contributed by atoms with Crippen LogP contribution in [0.25, 0.3) is 0 Å². The number of likely N-dealkylation sites (N-methyl/N-ethyl adjacent to an activating group) is 1. The van der Waals surface area contributed by atoms with Crippen LogP contribution in [-0.2, 0) is 29.4 Å². The van der Waals surface area contributed by atoms with Crippen LogP contribution in [0.3, 0.4) is 0 Å². The van der Waals surface area contributed by atoms with E-state index in [1.165, 1.54) is 23.1 Å². The number of terminal acetylenes is 1. The first-order chi connectivity index (χ1) is 13.6. The van der Waals surface area contributed by atoms with E-state index in [4.69, 9.17) is 11.2 Å². The third-order valence-electron chi connectivity index (χ3n) is 4.38. The van der Waals surface area contributed by atoms with Gasteiger partial charge < -0.3 is 9.64 Å². The third-order valence-corrected chi connectivity index (χ3v) is 7.53. The summed E-state index contributed by atoms with van der Waals surface area (Å²) in [6, 6.07) is 4.69. The molecule has 11 heteroatoms. The van der Waals surface area contributed by atoms with Gasteiger partial charge in [0.2, 0.25) is 10.0 Å². The molecule has 0 radical (unpaired) electrons. The van der Waals surface area contributed by atoms with Gasteiger partial charge in [-0.05, 0) is 31.5 Å². The lowest BCUT2D eigenvalue weighted by Gasteiger charge is -2.26. The Morgan fingerprint density at radius 2 is 2.10 bits per heavy atom. The largest absolute Gasteiger partial charge is 0.452 e. The van der Waals surface area contributed by atoms with Crippen molar-refractivity contribution in [2.75, 3.05) is 31.2 Å². The fourth-order valence-corrected chi connectivity index (χ4v) is 5.67. The summed E-state index contributed by atoms with van der Waals surface area (Å²) in [7, 11) is -7.04. The van der Waals surface area contributed by atoms with E-state index in [0.717, 1.165) is 6.07 Å². The Bertz CT molecular complexity index is 1030. The zero-order chi connectivity index (χ0) is 21.7. The molecule has 2 rings (SSSR count). The predicted molar refractivity (Wildman–Crippen MR) is 105 cm³/mol. The number of ether oxygens (including phenoxy) is 1. The molecule has 1 amide bonds. The van der Waals surface area contributed by atoms with E-state index in [1.807, 2.05) is 0 Å². The molecular formula is C18H22N2O7S2. The number of nitrogens with one attached hydrogen (secondary N) is 1. The van der Waals surface area contributed by atoms with Crippen LogP contribution in [0.4, 0.5) is 0 Å². The number of rotatable bonds is 8. The molecule has 0 bridgehead atoms. The van der Waals surface area contributed by atoms with E-state index < -0.39 is 44.4 Å². The highest BCUT2D eigenvalue weighted by molar-refractivity contribution is 7.91. The van der Waals surface area contributed by atoms with Gasteiger partial charge in [-0.2, -0.15) is 4.72 Å². The van der Waals surface area contributed by atoms with Gasteiger partial charge in [0, 0.05) is 12.6 Å². The lowest BCUT2D eigenvalue weighted by Crippen LogP contribution is -2.43. The number of carbonyl (C=O) groups excluding carboxylic acids is 2. The van der Waals surface area contributed by atoms with Crippen molar-refractivity contribution in [3.05, 3.63) is 29.8 Å². The molecule has 0 spiro atoms. The van der Waals surface area contributed by atoms with Gasteiger partial charge in [-0.25, -0.2) is 21.6 Å². The van der Waals surface area contributed by atoms with Gasteiger partial charge in [0.25, 0.3) is 5.91 Å². The third kappa shape index (κ3) is 6.03. The highest BCUT2D eigenvalue weighted by Crippen LogP contribution is 2.18. The van der Waals surface area contributed by atoms with Crippen molar-refractivity contribution in [1.29, 1.82) is 0 Å². The first kappa shape index (κ1) is 22.9. The molecule has 1 aliphatic heterocycles. The maximum absolute atomic E-state index is 12.4. The zero-order valence-corrected chi connectivity index (χ0v) is 17.5. The van der Waals surface area contributed by atoms with E-state index >= 15 is 0 Å². The van der Waals surface area contributed by atoms with Crippen molar-refractivity contribution in [2.24, 2.45) is 0 Å². The van der Waals surface area contributed by atoms with Crippen molar-refractivity contribution < 1.29 is 31.2 Å². The molecule has 9 nitrogen and oxygen atoms in total. The summed E-state index contributed by atoms with van der Waals surface area (Å²) in [5, 5.41) is 0. The van der Waals surface area contributed by atoms with Gasteiger partial charge in [-0.15, -0.1) is 6.42 Å². The first-order valence-corrected chi connectivity index (χ1v) is 12.1. The van der Waals surface area contributed by atoms with Crippen LogP contribution in [0.5, 0.6) is 0 Å². The number of benzene rings is 1. The topological polar surface area (TPSA) is 127 Å². The molecule has 1 fully saturated rings. The molecule has 1 N–H and O–H groups in total. The highest BCUT2D eigenvalue weighted by atomic mass is 32.2. The molecule has 1 aromatic rings. The second-order valence-corrected chi connectivity index (χ2v) is 10.4. The fraction of sp³-hybridized carbons (Fsp3) is 0.444. The van der Waals surface area contributed by atoms with Crippen molar-refractivity contribution >= 4 is 31.7 Å². The average molecular weight is 443 g/mol. The summed E-state index contributed by atoms with van der Waals surface area (Å²) in [4.78, 5) is 25.8. The second kappa shape index (κ2) is 9.39. The average Bonchev–Trinajstić information content (AvgIpc) is 3.04. The molecule has 1 saturated heterocycles. The monoisotopic (exact) mass is 442 g/mol. The van der Waals surface area contributed by atoms with E-state index in [-0.39, 0.29) is 35.1 Å². The van der Waals surface area contributed by atoms with Crippen LogP contribution in [0.1, 0.15) is 23.7 Å². The number of amides is 1. The van der Waals surface area contributed by atoms with Gasteiger partial charge in [-0.3, -0.25) is 4.79 Å². The summed E-state index contributed by atoms with van der Waals surface area (Å²) < 4.78 is 54.6. The minimum absolute atomic E-state index is 0.0240. The Morgan fingerprint density at radius 1 is 1.38 bits per heavy atom. The molecule has 1 aromatic carbocycles. The summed E-state index contributed by atoms with van der Waals surface area (Å²) >= 11 is 0. The lowest BCUT2D eigenvalue weighted by atomic mass is 10.2. The Labute approximate surface area is 170 Å². The molecule has 1 atom stereocenters. The Morgan fingerprint density at radius 3 is 2.69 bits per heavy atom. The molecule has 1 heterocycles. The Hall–Kier alpha value is -2.42. The van der Waals surface area contributed by atoms with Gasteiger partial charge >= 0.3 is 5.97 Å². The highest BCUT2D eigenvalue weighted by Gasteiger charge is 2.34. The van der Waals surface area contributed by atoms with E-state index in [0.29, 0.717) is 6.42 Å². The Kier molecular flexibility index (Phi) is 7.40. The zero-order valence-electron chi connectivity index (χ0n) is 15.8. The number of hydrogen-bond donors (Lipinski definition) is 1. The molecular weight excluding hydrogens is 420 g/mol. The predicted octanol–water partition coefficient (Wildman–Crippen LogP) is -0.209. The SMILES string of the molecule is C#CCNS(=O)(=O)c1cccc(C(=O)OCC(=O)N(CC)[C@H]2CCS(=O)(=O)C2)c1. The van der Waals surface area contributed by atoms with E-state index in [9.17, 15) is 26.4 Å². The van der Waals surface area contributed by atoms with Crippen LogP contribution >= 0.6 is 0 Å². The van der Waals surface area contributed by atoms with Crippen molar-refractivity contribution in [2.45, 2.75) is 24.3 Å². The molecule has 0 unspecified atom stereocenters. The van der Waals surface area contributed by atoms with Gasteiger partial charge in [0.1, 0.15) is 0 Å². The lowest BCUT2D eigenvalue weighted by molar-refractivity contribution is -0.136. The van der Waals surface area contributed by atoms with Crippen LogP contribution < -0.4 is 4.72 Å². The molecule has 158 valence electrons. The molecule has 29 heavy (non-hydrogen) atoms. The van der Waals surface area contributed by atoms with Gasteiger partial charge in [0.05, 0.1) is 28.5 Å². The summed E-state index contributed by atoms with van der Waals surface area (Å²) in [5.41, 5.74) is -0.0483. The number of hydrogen-bond acceptors (Lipinski definition) is 7. The number of sulfone groups is 1. The number of carbonyl (C=O) groups is 2. The maximum Gasteiger partial charge on any atom is 0.338 e. The fourth-order valence-electron chi connectivity index (χ4n) is 2.96. The van der Waals surface area contributed by atoms with E-state index in [2.05, 4.69) is 10.6 Å². The van der Waals surface area contributed by atoms with Crippen molar-refractivity contribution in [3.63, 3.8) is 0 Å². The molecule has 0 aromatic heterocycles. The van der Waals surface area contributed by atoms with Gasteiger partial charge in [-0.1, -0.05) is 12.0 Å². The molecule has 0 saturated carbocycles. The van der Waals surface area contributed by atoms with Crippen LogP contribution in [0, 0.1) is 12.3 Å². The standard InChI is InChI=1S/C18H22N2O7S2/c1-3-9-19-29(25,26)16-7-5-6-14(11-16)18(22)27-12-17(21)20(4-2)15-8-10-28(23,24)13-15/h1,5-7,11,15,19H,4,8-10,12-13H2,2H3/t15-/m0/s1. The number of sulfonamides is 1. The number of nitrogens with zero attached hydrogens (tertiary/aromatic N) is 1. The molecule has 0 aliphatic carbocycles. The summed E-state index contributed by atoms with van der Waals surface area (Å²) in [5.74, 6) is 0.680. The van der Waals surface area contributed by atoms with E-state index in [1.54, 1.807) is 6.92 Å². The smallest absolute Gasteiger partial charge is 0.338 e. The van der Waals surface area contributed by atoms with Crippen molar-refractivity contribution in [3.8, 4) is 12.3 Å². The maximum atomic E-state index is 12.4. The van der Waals surface area contributed by atoms with Crippen LogP contribution in [0.15, 0.2) is 29.2 Å². The Balaban J connectivity index is 2.02. The minimum Gasteiger partial charge on any atom is -0.452 e.